The molecule has 0 aliphatic carbocycles. The van der Waals surface area contributed by atoms with Crippen molar-refractivity contribution >= 4 is 5.82 Å². The highest BCUT2D eigenvalue weighted by Gasteiger charge is 1.99. The molecule has 0 radical (unpaired) electrons. The molecule has 4 heteroatoms. The quantitative estimate of drug-likeness (QED) is 0.696. The molecule has 0 aromatic carbocycles. The second-order valence-electron chi connectivity index (χ2n) is 2.48. The van der Waals surface area contributed by atoms with Crippen molar-refractivity contribution in [2.24, 2.45) is 0 Å². The van der Waals surface area contributed by atoms with Crippen LogP contribution in [-0.4, -0.2) is 21.6 Å². The first-order chi connectivity index (χ1) is 5.88. The molecule has 0 bridgehead atoms. The maximum absolute atomic E-state index is 8.90. The monoisotopic (exact) mass is 167 g/mol. The SMILES string of the molecule is CCCNc1ncncc1CO. The van der Waals surface area contributed by atoms with Crippen LogP contribution in [0.25, 0.3) is 0 Å². The van der Waals surface area contributed by atoms with Gasteiger partial charge in [-0.05, 0) is 6.42 Å². The first-order valence-electron chi connectivity index (χ1n) is 4.02. The molecular weight excluding hydrogens is 154 g/mol. The predicted molar refractivity (Wildman–Crippen MR) is 46.7 cm³/mol. The van der Waals surface area contributed by atoms with E-state index in [1.807, 2.05) is 0 Å². The fraction of sp³-hybridized carbons (Fsp3) is 0.500. The summed E-state index contributed by atoms with van der Waals surface area (Å²) in [6.07, 6.45) is 4.12. The fourth-order valence-electron chi connectivity index (χ4n) is 0.877. The molecule has 0 atom stereocenters. The summed E-state index contributed by atoms with van der Waals surface area (Å²) in [5.41, 5.74) is 0.742. The summed E-state index contributed by atoms with van der Waals surface area (Å²) in [5.74, 6) is 0.731. The molecule has 1 aromatic rings. The maximum atomic E-state index is 8.90. The number of nitrogens with zero attached hydrogens (tertiary/aromatic N) is 2. The second-order valence-corrected chi connectivity index (χ2v) is 2.48. The Bertz CT molecular complexity index is 239. The molecule has 0 unspecified atom stereocenters. The van der Waals surface area contributed by atoms with Crippen LogP contribution in [0, 0.1) is 0 Å². The predicted octanol–water partition coefficient (Wildman–Crippen LogP) is 0.791. The van der Waals surface area contributed by atoms with Gasteiger partial charge in [0.1, 0.15) is 12.1 Å². The molecule has 0 saturated carbocycles. The van der Waals surface area contributed by atoms with Gasteiger partial charge in [-0.3, -0.25) is 0 Å². The zero-order valence-electron chi connectivity index (χ0n) is 7.12. The first kappa shape index (κ1) is 8.93. The number of aliphatic hydroxyl groups is 1. The van der Waals surface area contributed by atoms with Crippen LogP contribution in [0.1, 0.15) is 18.9 Å². The van der Waals surface area contributed by atoms with Gasteiger partial charge in [0.25, 0.3) is 0 Å². The van der Waals surface area contributed by atoms with Crippen LogP contribution in [0.4, 0.5) is 5.82 Å². The third-order valence-electron chi connectivity index (χ3n) is 1.50. The Labute approximate surface area is 71.7 Å². The Kier molecular flexibility index (Phi) is 3.47. The molecule has 0 saturated heterocycles. The number of nitrogens with one attached hydrogen (secondary N) is 1. The number of rotatable bonds is 4. The van der Waals surface area contributed by atoms with E-state index in [0.717, 1.165) is 24.3 Å². The lowest BCUT2D eigenvalue weighted by molar-refractivity contribution is 0.281. The normalized spacial score (nSPS) is 9.83. The summed E-state index contributed by atoms with van der Waals surface area (Å²) in [4.78, 5) is 7.82. The van der Waals surface area contributed by atoms with Crippen LogP contribution in [0.3, 0.4) is 0 Å². The van der Waals surface area contributed by atoms with E-state index in [-0.39, 0.29) is 6.61 Å². The van der Waals surface area contributed by atoms with E-state index < -0.39 is 0 Å². The molecule has 1 heterocycles. The van der Waals surface area contributed by atoms with Gasteiger partial charge in [0.2, 0.25) is 0 Å². The van der Waals surface area contributed by atoms with Crippen LogP contribution in [0.2, 0.25) is 0 Å². The van der Waals surface area contributed by atoms with Crippen LogP contribution in [-0.2, 0) is 6.61 Å². The van der Waals surface area contributed by atoms with E-state index in [1.165, 1.54) is 6.33 Å². The Morgan fingerprint density at radius 2 is 2.42 bits per heavy atom. The average molecular weight is 167 g/mol. The summed E-state index contributed by atoms with van der Waals surface area (Å²) in [5, 5.41) is 12.0. The molecule has 0 aliphatic heterocycles. The van der Waals surface area contributed by atoms with E-state index >= 15 is 0 Å². The molecule has 0 aliphatic rings. The van der Waals surface area contributed by atoms with Gasteiger partial charge in [0.15, 0.2) is 0 Å². The fourth-order valence-corrected chi connectivity index (χ4v) is 0.877. The minimum Gasteiger partial charge on any atom is -0.391 e. The maximum Gasteiger partial charge on any atom is 0.134 e. The van der Waals surface area contributed by atoms with Crippen LogP contribution >= 0.6 is 0 Å². The second kappa shape index (κ2) is 4.66. The molecular formula is C8H13N3O. The topological polar surface area (TPSA) is 58.0 Å². The van der Waals surface area contributed by atoms with Crippen molar-refractivity contribution in [1.29, 1.82) is 0 Å². The molecule has 1 aromatic heterocycles. The Morgan fingerprint density at radius 1 is 1.58 bits per heavy atom. The van der Waals surface area contributed by atoms with Crippen LogP contribution in [0.5, 0.6) is 0 Å². The molecule has 12 heavy (non-hydrogen) atoms. The zero-order chi connectivity index (χ0) is 8.81. The number of anilines is 1. The number of hydrogen-bond donors (Lipinski definition) is 2. The summed E-state index contributed by atoms with van der Waals surface area (Å²) in [7, 11) is 0. The van der Waals surface area contributed by atoms with Crippen molar-refractivity contribution in [3.05, 3.63) is 18.1 Å². The van der Waals surface area contributed by atoms with Gasteiger partial charge in [-0.1, -0.05) is 6.92 Å². The smallest absolute Gasteiger partial charge is 0.134 e. The Balaban J connectivity index is 2.68. The van der Waals surface area contributed by atoms with Gasteiger partial charge >= 0.3 is 0 Å². The van der Waals surface area contributed by atoms with Crippen LogP contribution in [0.15, 0.2) is 12.5 Å². The minimum atomic E-state index is -0.0209. The summed E-state index contributed by atoms with van der Waals surface area (Å²) >= 11 is 0. The first-order valence-corrected chi connectivity index (χ1v) is 4.02. The van der Waals surface area contributed by atoms with Gasteiger partial charge in [-0.2, -0.15) is 0 Å². The van der Waals surface area contributed by atoms with Crippen molar-refractivity contribution in [1.82, 2.24) is 9.97 Å². The van der Waals surface area contributed by atoms with E-state index in [0.29, 0.717) is 0 Å². The summed E-state index contributed by atoms with van der Waals surface area (Å²) in [6, 6.07) is 0. The molecule has 0 amide bonds. The Hall–Kier alpha value is -1.16. The zero-order valence-corrected chi connectivity index (χ0v) is 7.12. The van der Waals surface area contributed by atoms with Gasteiger partial charge in [0.05, 0.1) is 6.61 Å². The molecule has 4 nitrogen and oxygen atoms in total. The van der Waals surface area contributed by atoms with Gasteiger partial charge in [-0.25, -0.2) is 9.97 Å². The molecule has 0 fully saturated rings. The average Bonchev–Trinajstić information content (AvgIpc) is 2.15. The standard InChI is InChI=1S/C8H13N3O/c1-2-3-10-8-7(5-12)4-9-6-11-8/h4,6,12H,2-3,5H2,1H3,(H,9,10,11). The van der Waals surface area contributed by atoms with E-state index in [9.17, 15) is 0 Å². The number of aromatic nitrogens is 2. The van der Waals surface area contributed by atoms with Crippen molar-refractivity contribution in [3.63, 3.8) is 0 Å². The Morgan fingerprint density at radius 3 is 3.08 bits per heavy atom. The number of aliphatic hydroxyl groups excluding tert-OH is 1. The third kappa shape index (κ3) is 2.17. The van der Waals surface area contributed by atoms with Crippen molar-refractivity contribution in [2.75, 3.05) is 11.9 Å². The molecule has 0 spiro atoms. The minimum absolute atomic E-state index is 0.0209. The van der Waals surface area contributed by atoms with Crippen molar-refractivity contribution in [3.8, 4) is 0 Å². The molecule has 66 valence electrons. The van der Waals surface area contributed by atoms with E-state index in [1.54, 1.807) is 6.20 Å². The highest BCUT2D eigenvalue weighted by molar-refractivity contribution is 5.41. The summed E-state index contributed by atoms with van der Waals surface area (Å²) < 4.78 is 0. The summed E-state index contributed by atoms with van der Waals surface area (Å²) in [6.45, 7) is 2.92. The lowest BCUT2D eigenvalue weighted by atomic mass is 10.3. The van der Waals surface area contributed by atoms with Crippen molar-refractivity contribution < 1.29 is 5.11 Å². The number of hydrogen-bond acceptors (Lipinski definition) is 4. The highest BCUT2D eigenvalue weighted by atomic mass is 16.3. The van der Waals surface area contributed by atoms with Crippen LogP contribution < -0.4 is 5.32 Å². The lowest BCUT2D eigenvalue weighted by Crippen LogP contribution is -2.05. The van der Waals surface area contributed by atoms with Gasteiger partial charge < -0.3 is 10.4 Å². The van der Waals surface area contributed by atoms with E-state index in [2.05, 4.69) is 22.2 Å². The largest absolute Gasteiger partial charge is 0.391 e. The highest BCUT2D eigenvalue weighted by Crippen LogP contribution is 2.08. The molecule has 2 N–H and O–H groups in total. The lowest BCUT2D eigenvalue weighted by Gasteiger charge is -2.06. The molecule has 1 rings (SSSR count). The van der Waals surface area contributed by atoms with Gasteiger partial charge in [0, 0.05) is 18.3 Å². The van der Waals surface area contributed by atoms with E-state index in [4.69, 9.17) is 5.11 Å². The van der Waals surface area contributed by atoms with Crippen molar-refractivity contribution in [2.45, 2.75) is 20.0 Å². The third-order valence-corrected chi connectivity index (χ3v) is 1.50. The van der Waals surface area contributed by atoms with Gasteiger partial charge in [-0.15, -0.1) is 0 Å².